The van der Waals surface area contributed by atoms with Crippen molar-refractivity contribution in [1.29, 1.82) is 0 Å². The lowest BCUT2D eigenvalue weighted by Gasteiger charge is -2.30. The van der Waals surface area contributed by atoms with Crippen LogP contribution in [0.1, 0.15) is 12.8 Å². The quantitative estimate of drug-likeness (QED) is 0.735. The summed E-state index contributed by atoms with van der Waals surface area (Å²) in [7, 11) is 3.25. The molecule has 0 aromatic carbocycles. The van der Waals surface area contributed by atoms with Crippen LogP contribution in [-0.2, 0) is 16.1 Å². The maximum Gasteiger partial charge on any atom is 0.328 e. The van der Waals surface area contributed by atoms with E-state index in [9.17, 15) is 4.79 Å². The largest absolute Gasteiger partial charge is 0.468 e. The molecular weight excluding hydrogens is 206 g/mol. The van der Waals surface area contributed by atoms with Crippen LogP contribution in [-0.4, -0.2) is 35.2 Å². The minimum absolute atomic E-state index is 0.189. The van der Waals surface area contributed by atoms with Crippen LogP contribution in [0.5, 0.6) is 0 Å². The van der Waals surface area contributed by atoms with Crippen LogP contribution in [0.2, 0.25) is 0 Å². The van der Waals surface area contributed by atoms with E-state index in [0.717, 1.165) is 12.8 Å². The summed E-state index contributed by atoms with van der Waals surface area (Å²) in [5, 5.41) is 3.14. The van der Waals surface area contributed by atoms with Gasteiger partial charge in [0, 0.05) is 12.4 Å². The van der Waals surface area contributed by atoms with E-state index >= 15 is 0 Å². The van der Waals surface area contributed by atoms with Crippen LogP contribution in [0.4, 0.5) is 0 Å². The molecule has 1 heterocycles. The first-order valence-corrected chi connectivity index (χ1v) is 5.46. The molecule has 1 aromatic rings. The molecule has 1 aliphatic rings. The first-order chi connectivity index (χ1) is 7.73. The Labute approximate surface area is 94.8 Å². The summed E-state index contributed by atoms with van der Waals surface area (Å²) in [4.78, 5) is 15.9. The molecule has 0 radical (unpaired) electrons. The number of esters is 1. The van der Waals surface area contributed by atoms with Crippen molar-refractivity contribution in [2.24, 2.45) is 5.92 Å². The van der Waals surface area contributed by atoms with E-state index in [2.05, 4.69) is 10.3 Å². The zero-order chi connectivity index (χ0) is 11.6. The fraction of sp³-hybridized carbons (Fsp3) is 0.636. The molecule has 1 fully saturated rings. The minimum Gasteiger partial charge on any atom is -0.468 e. The number of nitrogens with one attached hydrogen (secondary N) is 1. The Kier molecular flexibility index (Phi) is 2.96. The van der Waals surface area contributed by atoms with Crippen LogP contribution in [0.25, 0.3) is 0 Å². The molecule has 1 N–H and O–H groups in total. The summed E-state index contributed by atoms with van der Waals surface area (Å²) in [5.41, 5.74) is -0.602. The van der Waals surface area contributed by atoms with Gasteiger partial charge in [-0.25, -0.2) is 9.78 Å². The Hall–Kier alpha value is -1.36. The summed E-state index contributed by atoms with van der Waals surface area (Å²) < 4.78 is 6.83. The van der Waals surface area contributed by atoms with Crippen molar-refractivity contribution in [2.75, 3.05) is 14.2 Å². The van der Waals surface area contributed by atoms with Crippen LogP contribution >= 0.6 is 0 Å². The van der Waals surface area contributed by atoms with Crippen molar-refractivity contribution in [3.8, 4) is 0 Å². The number of hydrogen-bond acceptors (Lipinski definition) is 4. The SMILES string of the molecule is CNC(Cn1ccnc1)(C(=O)OC)C1CC1. The van der Waals surface area contributed by atoms with Gasteiger partial charge in [-0.3, -0.25) is 0 Å². The Bertz CT molecular complexity index is 359. The lowest BCUT2D eigenvalue weighted by Crippen LogP contribution is -2.56. The second-order valence-electron chi connectivity index (χ2n) is 4.22. The van der Waals surface area contributed by atoms with Gasteiger partial charge in [0.15, 0.2) is 0 Å². The summed E-state index contributed by atoms with van der Waals surface area (Å²) >= 11 is 0. The minimum atomic E-state index is -0.602. The standard InChI is InChI=1S/C11H17N3O2/c1-12-11(9-3-4-9,10(15)16-2)7-14-6-5-13-8-14/h5-6,8-9,12H,3-4,7H2,1-2H3. The van der Waals surface area contributed by atoms with E-state index in [0.29, 0.717) is 12.5 Å². The Morgan fingerprint density at radius 2 is 2.44 bits per heavy atom. The zero-order valence-corrected chi connectivity index (χ0v) is 9.64. The zero-order valence-electron chi connectivity index (χ0n) is 9.64. The number of aromatic nitrogens is 2. The van der Waals surface area contributed by atoms with Crippen LogP contribution in [0.15, 0.2) is 18.7 Å². The van der Waals surface area contributed by atoms with Gasteiger partial charge in [0.1, 0.15) is 5.54 Å². The van der Waals surface area contributed by atoms with Gasteiger partial charge in [0.05, 0.1) is 20.0 Å². The maximum absolute atomic E-state index is 12.0. The van der Waals surface area contributed by atoms with E-state index < -0.39 is 5.54 Å². The molecule has 0 bridgehead atoms. The number of likely N-dealkylation sites (N-methyl/N-ethyl adjacent to an activating group) is 1. The van der Waals surface area contributed by atoms with Gasteiger partial charge in [-0.05, 0) is 25.8 Å². The molecule has 0 spiro atoms. The highest BCUT2D eigenvalue weighted by atomic mass is 16.5. The van der Waals surface area contributed by atoms with E-state index in [1.807, 2.05) is 17.8 Å². The Morgan fingerprint density at radius 3 is 2.88 bits per heavy atom. The average Bonchev–Trinajstić information content (AvgIpc) is 3.04. The molecule has 1 saturated carbocycles. The average molecular weight is 223 g/mol. The normalized spacial score (nSPS) is 19.1. The predicted molar refractivity (Wildman–Crippen MR) is 58.8 cm³/mol. The van der Waals surface area contributed by atoms with Gasteiger partial charge in [-0.2, -0.15) is 0 Å². The number of carbonyl (C=O) groups excluding carboxylic acids is 1. The summed E-state index contributed by atoms with van der Waals surface area (Å²) in [6.45, 7) is 0.570. The third-order valence-corrected chi connectivity index (χ3v) is 3.26. The number of rotatable bonds is 5. The van der Waals surface area contributed by atoms with Crippen molar-refractivity contribution in [1.82, 2.24) is 14.9 Å². The van der Waals surface area contributed by atoms with Gasteiger partial charge < -0.3 is 14.6 Å². The van der Waals surface area contributed by atoms with Crippen LogP contribution < -0.4 is 5.32 Å². The van der Waals surface area contributed by atoms with Crippen LogP contribution in [0.3, 0.4) is 0 Å². The van der Waals surface area contributed by atoms with E-state index in [1.165, 1.54) is 7.11 Å². The third kappa shape index (κ3) is 1.82. The van der Waals surface area contributed by atoms with Gasteiger partial charge >= 0.3 is 5.97 Å². The number of carbonyl (C=O) groups is 1. The van der Waals surface area contributed by atoms with Crippen molar-refractivity contribution in [3.05, 3.63) is 18.7 Å². The van der Waals surface area contributed by atoms with Crippen molar-refractivity contribution < 1.29 is 9.53 Å². The molecule has 5 nitrogen and oxygen atoms in total. The molecule has 0 saturated heterocycles. The fourth-order valence-electron chi connectivity index (χ4n) is 2.17. The highest BCUT2D eigenvalue weighted by molar-refractivity contribution is 5.81. The van der Waals surface area contributed by atoms with Gasteiger partial charge in [-0.1, -0.05) is 0 Å². The first-order valence-electron chi connectivity index (χ1n) is 5.46. The molecular formula is C11H17N3O2. The Balaban J connectivity index is 2.22. The smallest absolute Gasteiger partial charge is 0.328 e. The Morgan fingerprint density at radius 1 is 1.69 bits per heavy atom. The highest BCUT2D eigenvalue weighted by Gasteiger charge is 2.51. The lowest BCUT2D eigenvalue weighted by atomic mass is 9.93. The topological polar surface area (TPSA) is 56.2 Å². The molecule has 88 valence electrons. The maximum atomic E-state index is 12.0. The van der Waals surface area contributed by atoms with Crippen molar-refractivity contribution in [2.45, 2.75) is 24.9 Å². The van der Waals surface area contributed by atoms with E-state index in [1.54, 1.807) is 12.5 Å². The summed E-state index contributed by atoms with van der Waals surface area (Å²) in [6.07, 6.45) is 7.44. The number of imidazole rings is 1. The number of methoxy groups -OCH3 is 1. The fourth-order valence-corrected chi connectivity index (χ4v) is 2.17. The second kappa shape index (κ2) is 4.25. The van der Waals surface area contributed by atoms with E-state index in [4.69, 9.17) is 4.74 Å². The summed E-state index contributed by atoms with van der Waals surface area (Å²) in [6, 6.07) is 0. The lowest BCUT2D eigenvalue weighted by molar-refractivity contribution is -0.150. The molecule has 0 amide bonds. The van der Waals surface area contributed by atoms with Crippen molar-refractivity contribution >= 4 is 5.97 Å². The van der Waals surface area contributed by atoms with Gasteiger partial charge in [-0.15, -0.1) is 0 Å². The molecule has 1 atom stereocenters. The molecule has 5 heteroatoms. The predicted octanol–water partition coefficient (Wildman–Crippen LogP) is 0.424. The number of nitrogens with zero attached hydrogens (tertiary/aromatic N) is 2. The third-order valence-electron chi connectivity index (χ3n) is 3.26. The molecule has 1 aliphatic carbocycles. The summed E-state index contributed by atoms with van der Waals surface area (Å²) in [5.74, 6) is 0.179. The molecule has 1 unspecified atom stereocenters. The first kappa shape index (κ1) is 11.1. The van der Waals surface area contributed by atoms with E-state index in [-0.39, 0.29) is 5.97 Å². The molecule has 1 aromatic heterocycles. The van der Waals surface area contributed by atoms with Gasteiger partial charge in [0.25, 0.3) is 0 Å². The van der Waals surface area contributed by atoms with Gasteiger partial charge in [0.2, 0.25) is 0 Å². The second-order valence-corrected chi connectivity index (χ2v) is 4.22. The molecule has 0 aliphatic heterocycles. The molecule has 2 rings (SSSR count). The highest BCUT2D eigenvalue weighted by Crippen LogP contribution is 2.41. The number of ether oxygens (including phenoxy) is 1. The van der Waals surface area contributed by atoms with Crippen molar-refractivity contribution in [3.63, 3.8) is 0 Å². The van der Waals surface area contributed by atoms with Crippen LogP contribution in [0, 0.1) is 5.92 Å². The number of hydrogen-bond donors (Lipinski definition) is 1. The monoisotopic (exact) mass is 223 g/mol. The molecule has 16 heavy (non-hydrogen) atoms.